The number of hydrogen-bond donors (Lipinski definition) is 1. The van der Waals surface area contributed by atoms with Gasteiger partial charge in [-0.15, -0.1) is 10.2 Å². The van der Waals surface area contributed by atoms with Crippen molar-refractivity contribution >= 4 is 29.4 Å². The van der Waals surface area contributed by atoms with Crippen molar-refractivity contribution in [3.8, 4) is 6.19 Å². The van der Waals surface area contributed by atoms with Crippen LogP contribution in [0.15, 0.2) is 15.3 Å². The fourth-order valence-corrected chi connectivity index (χ4v) is 0.606. The predicted octanol–water partition coefficient (Wildman–Crippen LogP) is 0.920. The van der Waals surface area contributed by atoms with Crippen molar-refractivity contribution in [2.24, 2.45) is 5.10 Å². The maximum atomic E-state index is 8.27. The third-order valence-electron chi connectivity index (χ3n) is 0.795. The molecule has 0 aromatic rings. The van der Waals surface area contributed by atoms with E-state index in [9.17, 15) is 0 Å². The van der Waals surface area contributed by atoms with E-state index >= 15 is 0 Å². The second-order valence-electron chi connectivity index (χ2n) is 1.43. The summed E-state index contributed by atoms with van der Waals surface area (Å²) in [5.41, 5.74) is 2.40. The highest BCUT2D eigenvalue weighted by Crippen LogP contribution is 2.12. The van der Waals surface area contributed by atoms with Crippen LogP contribution in [-0.2, 0) is 0 Å². The summed E-state index contributed by atoms with van der Waals surface area (Å²) in [6, 6.07) is 0. The summed E-state index contributed by atoms with van der Waals surface area (Å²) < 4.78 is 0. The lowest BCUT2D eigenvalue weighted by Crippen LogP contribution is -2.30. The van der Waals surface area contributed by atoms with Crippen LogP contribution in [0.25, 0.3) is 0 Å². The Morgan fingerprint density at radius 1 is 1.70 bits per heavy atom. The van der Waals surface area contributed by atoms with Gasteiger partial charge >= 0.3 is 0 Å². The summed E-state index contributed by atoms with van der Waals surface area (Å²) in [7, 11) is 0. The molecule has 0 atom stereocenters. The number of rotatable bonds is 0. The molecule has 1 rings (SSSR count). The van der Waals surface area contributed by atoms with Crippen molar-refractivity contribution in [1.82, 2.24) is 10.5 Å². The minimum atomic E-state index is 0.193. The highest BCUT2D eigenvalue weighted by molar-refractivity contribution is 6.45. The summed E-state index contributed by atoms with van der Waals surface area (Å²) in [4.78, 5) is 0. The van der Waals surface area contributed by atoms with Gasteiger partial charge < -0.3 is 0 Å². The Hall–Kier alpha value is -0.920. The molecule has 0 bridgehead atoms. The number of halogens is 2. The number of allylic oxidation sites excluding steroid dienone is 1. The van der Waals surface area contributed by atoms with Gasteiger partial charge in [0.15, 0.2) is 0 Å². The van der Waals surface area contributed by atoms with Crippen molar-refractivity contribution in [3.63, 3.8) is 0 Å². The van der Waals surface area contributed by atoms with Crippen LogP contribution >= 0.6 is 23.2 Å². The maximum Gasteiger partial charge on any atom is 0.223 e. The Bertz CT molecular complexity index is 238. The molecule has 4 nitrogen and oxygen atoms in total. The zero-order chi connectivity index (χ0) is 7.56. The van der Waals surface area contributed by atoms with E-state index < -0.39 is 0 Å². The molecular formula is C4H2Cl2N4. The first kappa shape index (κ1) is 7.19. The minimum Gasteiger partial charge on any atom is -0.256 e. The molecule has 0 aliphatic carbocycles. The van der Waals surface area contributed by atoms with Gasteiger partial charge in [0.2, 0.25) is 6.19 Å². The number of nitriles is 1. The summed E-state index contributed by atoms with van der Waals surface area (Å²) in [6.07, 6.45) is 2.98. The Morgan fingerprint density at radius 3 is 2.90 bits per heavy atom. The zero-order valence-electron chi connectivity index (χ0n) is 4.67. The number of hydrogen-bond acceptors (Lipinski definition) is 4. The molecule has 0 saturated heterocycles. The van der Waals surface area contributed by atoms with E-state index in [1.54, 1.807) is 6.19 Å². The molecule has 0 amide bonds. The number of nitrogens with zero attached hydrogens (tertiary/aromatic N) is 3. The second kappa shape index (κ2) is 2.78. The molecule has 1 N–H and O–H groups in total. The van der Waals surface area contributed by atoms with Gasteiger partial charge in [-0.25, -0.2) is 0 Å². The van der Waals surface area contributed by atoms with E-state index in [1.165, 1.54) is 6.21 Å². The quantitative estimate of drug-likeness (QED) is 0.442. The van der Waals surface area contributed by atoms with E-state index in [0.717, 1.165) is 5.12 Å². The molecule has 0 saturated carbocycles. The normalized spacial score (nSPS) is 16.7. The van der Waals surface area contributed by atoms with Crippen molar-refractivity contribution < 1.29 is 0 Å². The van der Waals surface area contributed by atoms with Crippen LogP contribution in [0.5, 0.6) is 0 Å². The first-order valence-corrected chi connectivity index (χ1v) is 3.05. The van der Waals surface area contributed by atoms with Crippen LogP contribution < -0.4 is 5.43 Å². The largest absolute Gasteiger partial charge is 0.256 e. The van der Waals surface area contributed by atoms with E-state index in [0.29, 0.717) is 0 Å². The van der Waals surface area contributed by atoms with Gasteiger partial charge in [0.1, 0.15) is 5.16 Å². The summed E-state index contributed by atoms with van der Waals surface area (Å²) in [6.45, 7) is 0. The lowest BCUT2D eigenvalue weighted by atomic mass is 10.6. The minimum absolute atomic E-state index is 0.193. The van der Waals surface area contributed by atoms with Gasteiger partial charge in [-0.05, 0) is 0 Å². The van der Waals surface area contributed by atoms with Crippen molar-refractivity contribution in [3.05, 3.63) is 10.2 Å². The topological polar surface area (TPSA) is 51.4 Å². The third kappa shape index (κ3) is 1.32. The van der Waals surface area contributed by atoms with E-state index in [4.69, 9.17) is 28.5 Å². The molecular weight excluding hydrogens is 175 g/mol. The fraction of sp³-hybridized carbons (Fsp3) is 0. The third-order valence-corrected chi connectivity index (χ3v) is 1.47. The van der Waals surface area contributed by atoms with E-state index in [1.807, 2.05) is 0 Å². The van der Waals surface area contributed by atoms with Gasteiger partial charge in [-0.3, -0.25) is 5.43 Å². The monoisotopic (exact) mass is 176 g/mol. The lowest BCUT2D eigenvalue weighted by Gasteiger charge is -2.14. The Kier molecular flexibility index (Phi) is 2.00. The van der Waals surface area contributed by atoms with Crippen LogP contribution in [0, 0.1) is 11.5 Å². The predicted molar refractivity (Wildman–Crippen MR) is 37.8 cm³/mol. The highest BCUT2D eigenvalue weighted by atomic mass is 35.5. The summed E-state index contributed by atoms with van der Waals surface area (Å²) in [5, 5.41) is 13.2. The average molecular weight is 177 g/mol. The molecule has 0 aromatic heterocycles. The SMILES string of the molecule is N#CN1N=CC(Cl)=C(Cl)N1. The number of hydrazone groups is 1. The van der Waals surface area contributed by atoms with E-state index in [-0.39, 0.29) is 10.2 Å². The molecule has 1 heterocycles. The van der Waals surface area contributed by atoms with Gasteiger partial charge in [0, 0.05) is 0 Å². The smallest absolute Gasteiger partial charge is 0.223 e. The van der Waals surface area contributed by atoms with Crippen molar-refractivity contribution in [2.75, 3.05) is 0 Å². The molecule has 6 heteroatoms. The lowest BCUT2D eigenvalue weighted by molar-refractivity contribution is 0.343. The molecule has 1 aliphatic rings. The zero-order valence-corrected chi connectivity index (χ0v) is 6.19. The molecule has 0 radical (unpaired) electrons. The Morgan fingerprint density at radius 2 is 2.40 bits per heavy atom. The standard InChI is InChI=1S/C4H2Cl2N4/c5-3-1-8-10(2-7)9-4(3)6/h1,9H. The number of hydrazine groups is 1. The first-order chi connectivity index (χ1) is 4.74. The Labute approximate surface area is 67.3 Å². The molecule has 0 spiro atoms. The van der Waals surface area contributed by atoms with E-state index in [2.05, 4.69) is 10.5 Å². The molecule has 0 unspecified atom stereocenters. The molecule has 1 aliphatic heterocycles. The Balaban J connectivity index is 2.76. The van der Waals surface area contributed by atoms with Crippen LogP contribution in [0.3, 0.4) is 0 Å². The molecule has 0 aromatic carbocycles. The fourth-order valence-electron chi connectivity index (χ4n) is 0.391. The highest BCUT2D eigenvalue weighted by Gasteiger charge is 2.08. The van der Waals surface area contributed by atoms with Crippen LogP contribution in [-0.4, -0.2) is 11.3 Å². The molecule has 52 valence electrons. The van der Waals surface area contributed by atoms with Gasteiger partial charge in [0.05, 0.1) is 11.2 Å². The van der Waals surface area contributed by atoms with Crippen molar-refractivity contribution in [1.29, 1.82) is 5.26 Å². The maximum absolute atomic E-state index is 8.27. The van der Waals surface area contributed by atoms with Crippen LogP contribution in [0.1, 0.15) is 0 Å². The summed E-state index contributed by atoms with van der Waals surface area (Å²) in [5.74, 6) is 0. The summed E-state index contributed by atoms with van der Waals surface area (Å²) >= 11 is 11.0. The van der Waals surface area contributed by atoms with Crippen LogP contribution in [0.2, 0.25) is 0 Å². The second-order valence-corrected chi connectivity index (χ2v) is 2.22. The van der Waals surface area contributed by atoms with Gasteiger partial charge in [-0.2, -0.15) is 5.26 Å². The van der Waals surface area contributed by atoms with Crippen molar-refractivity contribution in [2.45, 2.75) is 0 Å². The van der Waals surface area contributed by atoms with Gasteiger partial charge in [0.25, 0.3) is 0 Å². The average Bonchev–Trinajstić information content (AvgIpc) is 1.95. The first-order valence-electron chi connectivity index (χ1n) is 2.30. The van der Waals surface area contributed by atoms with Gasteiger partial charge in [-0.1, -0.05) is 23.2 Å². The molecule has 0 fully saturated rings. The number of nitrogens with one attached hydrogen (secondary N) is 1. The molecule has 10 heavy (non-hydrogen) atoms. The van der Waals surface area contributed by atoms with Crippen LogP contribution in [0.4, 0.5) is 0 Å².